The van der Waals surface area contributed by atoms with Crippen LogP contribution in [0.25, 0.3) is 10.6 Å². The largest absolute Gasteiger partial charge is 0.352 e. The molecule has 116 valence electrons. The predicted octanol–water partition coefficient (Wildman–Crippen LogP) is 3.72. The van der Waals surface area contributed by atoms with Crippen LogP contribution in [0.15, 0.2) is 54.2 Å². The van der Waals surface area contributed by atoms with Gasteiger partial charge in [0.15, 0.2) is 0 Å². The lowest BCUT2D eigenvalue weighted by Gasteiger charge is -2.03. The fourth-order valence-corrected chi connectivity index (χ4v) is 3.00. The number of benzene rings is 1. The Morgan fingerprint density at radius 3 is 2.78 bits per heavy atom. The summed E-state index contributed by atoms with van der Waals surface area (Å²) in [6.45, 7) is 0.473. The molecule has 0 aliphatic carbocycles. The smallest absolute Gasteiger partial charge is 0.226 e. The van der Waals surface area contributed by atoms with Gasteiger partial charge >= 0.3 is 0 Å². The zero-order valence-corrected chi connectivity index (χ0v) is 13.8. The Labute approximate surface area is 143 Å². The summed E-state index contributed by atoms with van der Waals surface area (Å²) in [5, 5.41) is 6.36. The minimum absolute atomic E-state index is 0.0539. The number of rotatable bonds is 5. The second-order valence-corrected chi connectivity index (χ2v) is 6.26. The van der Waals surface area contributed by atoms with Gasteiger partial charge in [0.2, 0.25) is 5.91 Å². The van der Waals surface area contributed by atoms with Crippen molar-refractivity contribution in [1.82, 2.24) is 15.3 Å². The normalized spacial score (nSPS) is 10.5. The molecule has 3 rings (SSSR count). The van der Waals surface area contributed by atoms with Crippen LogP contribution in [0.1, 0.15) is 11.3 Å². The molecule has 4 nitrogen and oxygen atoms in total. The van der Waals surface area contributed by atoms with Crippen molar-refractivity contribution in [2.75, 3.05) is 0 Å². The highest BCUT2D eigenvalue weighted by Gasteiger charge is 2.09. The van der Waals surface area contributed by atoms with Crippen molar-refractivity contribution in [2.24, 2.45) is 0 Å². The van der Waals surface area contributed by atoms with Gasteiger partial charge in [-0.25, -0.2) is 4.98 Å². The number of carbonyl (C=O) groups excluding carboxylic acids is 1. The number of thiazole rings is 1. The Kier molecular flexibility index (Phi) is 5.00. The van der Waals surface area contributed by atoms with Crippen LogP contribution in [0.3, 0.4) is 0 Å². The number of halogens is 1. The number of nitrogens with one attached hydrogen (secondary N) is 1. The zero-order valence-electron chi connectivity index (χ0n) is 12.2. The average Bonchev–Trinajstić information content (AvgIpc) is 3.03. The lowest BCUT2D eigenvalue weighted by atomic mass is 10.2. The molecular formula is C17H14ClN3OS. The zero-order chi connectivity index (χ0) is 16.1. The molecule has 0 unspecified atom stereocenters. The van der Waals surface area contributed by atoms with Crippen LogP contribution in [0, 0.1) is 0 Å². The highest BCUT2D eigenvalue weighted by molar-refractivity contribution is 7.13. The van der Waals surface area contributed by atoms with Gasteiger partial charge in [-0.15, -0.1) is 11.3 Å². The van der Waals surface area contributed by atoms with Gasteiger partial charge in [0.05, 0.1) is 12.1 Å². The molecule has 3 aromatic rings. The average molecular weight is 344 g/mol. The quantitative estimate of drug-likeness (QED) is 0.768. The summed E-state index contributed by atoms with van der Waals surface area (Å²) >= 11 is 7.40. The molecule has 2 heterocycles. The molecule has 1 N–H and O–H groups in total. The molecule has 0 aliphatic heterocycles. The monoisotopic (exact) mass is 343 g/mol. The molecule has 6 heteroatoms. The first-order chi connectivity index (χ1) is 11.2. The van der Waals surface area contributed by atoms with E-state index in [2.05, 4.69) is 15.3 Å². The van der Waals surface area contributed by atoms with Crippen LogP contribution in [0.4, 0.5) is 0 Å². The van der Waals surface area contributed by atoms with E-state index in [0.29, 0.717) is 11.6 Å². The third kappa shape index (κ3) is 4.37. The molecular weight excluding hydrogens is 330 g/mol. The summed E-state index contributed by atoms with van der Waals surface area (Å²) in [5.41, 5.74) is 2.74. The van der Waals surface area contributed by atoms with Crippen LogP contribution in [0.2, 0.25) is 5.02 Å². The standard InChI is InChI=1S/C17H14ClN3OS/c18-14-5-3-13(4-6-14)17-21-15(11-23-17)8-16(22)20-10-12-2-1-7-19-9-12/h1-7,9,11H,8,10H2,(H,20,22). The molecule has 0 bridgehead atoms. The number of carbonyl (C=O) groups is 1. The van der Waals surface area contributed by atoms with Crippen molar-refractivity contribution in [2.45, 2.75) is 13.0 Å². The van der Waals surface area contributed by atoms with Crippen LogP contribution in [-0.2, 0) is 17.8 Å². The highest BCUT2D eigenvalue weighted by Crippen LogP contribution is 2.25. The number of hydrogen-bond donors (Lipinski definition) is 1. The maximum absolute atomic E-state index is 12.0. The van der Waals surface area contributed by atoms with Crippen LogP contribution in [0.5, 0.6) is 0 Å². The Morgan fingerprint density at radius 1 is 1.22 bits per heavy atom. The Bertz CT molecular complexity index is 787. The molecule has 0 atom stereocenters. The van der Waals surface area contributed by atoms with Gasteiger partial charge in [0.25, 0.3) is 0 Å². The van der Waals surface area contributed by atoms with Crippen molar-refractivity contribution < 1.29 is 4.79 Å². The third-order valence-electron chi connectivity index (χ3n) is 3.20. The number of pyridine rings is 1. The van der Waals surface area contributed by atoms with E-state index in [1.165, 1.54) is 11.3 Å². The molecule has 0 saturated heterocycles. The molecule has 0 aliphatic rings. The Balaban J connectivity index is 1.58. The SMILES string of the molecule is O=C(Cc1csc(-c2ccc(Cl)cc2)n1)NCc1cccnc1. The van der Waals surface area contributed by atoms with Crippen LogP contribution in [-0.4, -0.2) is 15.9 Å². The number of hydrogen-bond acceptors (Lipinski definition) is 4. The van der Waals surface area contributed by atoms with E-state index >= 15 is 0 Å². The third-order valence-corrected chi connectivity index (χ3v) is 4.39. The lowest BCUT2D eigenvalue weighted by molar-refractivity contribution is -0.120. The van der Waals surface area contributed by atoms with Crippen molar-refractivity contribution in [1.29, 1.82) is 0 Å². The summed E-state index contributed by atoms with van der Waals surface area (Å²) in [5.74, 6) is -0.0539. The number of nitrogens with zero attached hydrogens (tertiary/aromatic N) is 2. The van der Waals surface area contributed by atoms with Crippen molar-refractivity contribution in [3.63, 3.8) is 0 Å². The van der Waals surface area contributed by atoms with Crippen molar-refractivity contribution >= 4 is 28.8 Å². The lowest BCUT2D eigenvalue weighted by Crippen LogP contribution is -2.24. The van der Waals surface area contributed by atoms with E-state index in [1.54, 1.807) is 12.4 Å². The van der Waals surface area contributed by atoms with E-state index in [9.17, 15) is 4.79 Å². The van der Waals surface area contributed by atoms with Gasteiger partial charge < -0.3 is 5.32 Å². The molecule has 2 aromatic heterocycles. The van der Waals surface area contributed by atoms with Crippen LogP contribution < -0.4 is 5.32 Å². The summed E-state index contributed by atoms with van der Waals surface area (Å²) in [4.78, 5) is 20.5. The van der Waals surface area contributed by atoms with Gasteiger partial charge in [-0.3, -0.25) is 9.78 Å². The van der Waals surface area contributed by atoms with E-state index in [0.717, 1.165) is 21.8 Å². The second-order valence-electron chi connectivity index (χ2n) is 4.97. The van der Waals surface area contributed by atoms with Gasteiger partial charge in [-0.2, -0.15) is 0 Å². The Hall–Kier alpha value is -2.24. The molecule has 0 fully saturated rings. The predicted molar refractivity (Wildman–Crippen MR) is 92.3 cm³/mol. The topological polar surface area (TPSA) is 54.9 Å². The fourth-order valence-electron chi connectivity index (χ4n) is 2.04. The van der Waals surface area contributed by atoms with Crippen molar-refractivity contribution in [3.8, 4) is 10.6 Å². The maximum atomic E-state index is 12.0. The summed E-state index contributed by atoms with van der Waals surface area (Å²) in [6.07, 6.45) is 3.71. The van der Waals surface area contributed by atoms with Crippen molar-refractivity contribution in [3.05, 3.63) is 70.5 Å². The summed E-state index contributed by atoms with van der Waals surface area (Å²) in [7, 11) is 0. The van der Waals surface area contributed by atoms with Gasteiger partial charge in [0.1, 0.15) is 5.01 Å². The van der Waals surface area contributed by atoms with E-state index < -0.39 is 0 Å². The first kappa shape index (κ1) is 15.6. The molecule has 0 saturated carbocycles. The first-order valence-electron chi connectivity index (χ1n) is 7.06. The second kappa shape index (κ2) is 7.35. The molecule has 1 amide bonds. The van der Waals surface area contributed by atoms with E-state index in [4.69, 9.17) is 11.6 Å². The van der Waals surface area contributed by atoms with Crippen LogP contribution >= 0.6 is 22.9 Å². The number of aromatic nitrogens is 2. The van der Waals surface area contributed by atoms with Gasteiger partial charge in [0, 0.05) is 34.9 Å². The highest BCUT2D eigenvalue weighted by atomic mass is 35.5. The summed E-state index contributed by atoms with van der Waals surface area (Å²) < 4.78 is 0. The maximum Gasteiger partial charge on any atom is 0.226 e. The molecule has 0 spiro atoms. The first-order valence-corrected chi connectivity index (χ1v) is 8.32. The molecule has 1 aromatic carbocycles. The molecule has 23 heavy (non-hydrogen) atoms. The molecule has 0 radical (unpaired) electrons. The van der Waals surface area contributed by atoms with E-state index in [-0.39, 0.29) is 12.3 Å². The minimum atomic E-state index is -0.0539. The van der Waals surface area contributed by atoms with Gasteiger partial charge in [-0.05, 0) is 23.8 Å². The van der Waals surface area contributed by atoms with Gasteiger partial charge in [-0.1, -0.05) is 29.8 Å². The fraction of sp³-hybridized carbons (Fsp3) is 0.118. The Morgan fingerprint density at radius 2 is 2.04 bits per heavy atom. The summed E-state index contributed by atoms with van der Waals surface area (Å²) in [6, 6.07) is 11.3. The number of amides is 1. The van der Waals surface area contributed by atoms with E-state index in [1.807, 2.05) is 41.8 Å². The minimum Gasteiger partial charge on any atom is -0.352 e.